The van der Waals surface area contributed by atoms with Crippen molar-refractivity contribution in [3.05, 3.63) is 65.7 Å². The van der Waals surface area contributed by atoms with E-state index < -0.39 is 18.0 Å². The monoisotopic (exact) mass is 268 g/mol. The van der Waals surface area contributed by atoms with Crippen LogP contribution < -0.4 is 4.74 Å². The Labute approximate surface area is 115 Å². The van der Waals surface area contributed by atoms with Crippen LogP contribution in [0.25, 0.3) is 0 Å². The molecular weight excluding hydrogens is 256 g/mol. The lowest BCUT2D eigenvalue weighted by atomic mass is 10.0. The van der Waals surface area contributed by atoms with Crippen LogP contribution in [-0.2, 0) is 16.0 Å². The maximum Gasteiger partial charge on any atom is 0.353 e. The van der Waals surface area contributed by atoms with Crippen LogP contribution in [0.15, 0.2) is 54.6 Å². The average Bonchev–Trinajstić information content (AvgIpc) is 2.49. The standard InChI is InChI=1S/C16H12O4/c17-15(11-6-2-1-3-7-11)20-14-10-12-8-4-5-9-13(12)19-16(14)18/h1-9,14H,10H2. The summed E-state index contributed by atoms with van der Waals surface area (Å²) in [6.07, 6.45) is -0.550. The summed E-state index contributed by atoms with van der Waals surface area (Å²) in [5, 5.41) is 0. The molecule has 1 unspecified atom stereocenters. The molecule has 1 aliphatic heterocycles. The lowest BCUT2D eigenvalue weighted by molar-refractivity contribution is -0.145. The summed E-state index contributed by atoms with van der Waals surface area (Å²) in [6.45, 7) is 0. The normalized spacial score (nSPS) is 17.0. The van der Waals surface area contributed by atoms with E-state index in [4.69, 9.17) is 9.47 Å². The van der Waals surface area contributed by atoms with E-state index in [-0.39, 0.29) is 0 Å². The van der Waals surface area contributed by atoms with Crippen LogP contribution in [0.3, 0.4) is 0 Å². The molecular formula is C16H12O4. The smallest absolute Gasteiger partial charge is 0.353 e. The molecule has 4 nitrogen and oxygen atoms in total. The van der Waals surface area contributed by atoms with Crippen molar-refractivity contribution in [2.45, 2.75) is 12.5 Å². The first-order chi connectivity index (χ1) is 9.74. The first-order valence-electron chi connectivity index (χ1n) is 6.29. The minimum absolute atomic E-state index is 0.341. The molecule has 20 heavy (non-hydrogen) atoms. The van der Waals surface area contributed by atoms with Crippen molar-refractivity contribution >= 4 is 11.9 Å². The SMILES string of the molecule is O=C(OC1Cc2ccccc2OC1=O)c1ccccc1. The highest BCUT2D eigenvalue weighted by molar-refractivity contribution is 5.92. The maximum absolute atomic E-state index is 11.9. The van der Waals surface area contributed by atoms with Crippen molar-refractivity contribution in [1.29, 1.82) is 0 Å². The van der Waals surface area contributed by atoms with Gasteiger partial charge in [0, 0.05) is 6.42 Å². The van der Waals surface area contributed by atoms with E-state index in [0.29, 0.717) is 17.7 Å². The molecule has 1 aliphatic rings. The molecule has 0 bridgehead atoms. The number of para-hydroxylation sites is 1. The highest BCUT2D eigenvalue weighted by Gasteiger charge is 2.31. The van der Waals surface area contributed by atoms with Gasteiger partial charge in [-0.15, -0.1) is 0 Å². The molecule has 4 heteroatoms. The quantitative estimate of drug-likeness (QED) is 0.620. The van der Waals surface area contributed by atoms with Crippen molar-refractivity contribution < 1.29 is 19.1 Å². The molecule has 1 heterocycles. The van der Waals surface area contributed by atoms with E-state index in [2.05, 4.69) is 0 Å². The van der Waals surface area contributed by atoms with Crippen LogP contribution in [-0.4, -0.2) is 18.0 Å². The van der Waals surface area contributed by atoms with E-state index in [1.54, 1.807) is 36.4 Å². The molecule has 0 saturated heterocycles. The molecule has 100 valence electrons. The van der Waals surface area contributed by atoms with Gasteiger partial charge >= 0.3 is 11.9 Å². The zero-order valence-electron chi connectivity index (χ0n) is 10.6. The van der Waals surface area contributed by atoms with Crippen molar-refractivity contribution in [2.75, 3.05) is 0 Å². The first-order valence-corrected chi connectivity index (χ1v) is 6.29. The van der Waals surface area contributed by atoms with Crippen molar-refractivity contribution in [2.24, 2.45) is 0 Å². The second-order valence-electron chi connectivity index (χ2n) is 4.49. The Morgan fingerprint density at radius 3 is 2.55 bits per heavy atom. The number of benzene rings is 2. The van der Waals surface area contributed by atoms with Crippen LogP contribution >= 0.6 is 0 Å². The molecule has 0 saturated carbocycles. The Balaban J connectivity index is 1.76. The molecule has 2 aromatic rings. The molecule has 0 fully saturated rings. The van der Waals surface area contributed by atoms with E-state index in [0.717, 1.165) is 5.56 Å². The number of carbonyl (C=O) groups excluding carboxylic acids is 2. The van der Waals surface area contributed by atoms with E-state index >= 15 is 0 Å². The maximum atomic E-state index is 11.9. The lowest BCUT2D eigenvalue weighted by Gasteiger charge is -2.23. The van der Waals surface area contributed by atoms with Crippen LogP contribution in [0.1, 0.15) is 15.9 Å². The topological polar surface area (TPSA) is 52.6 Å². The predicted octanol–water partition coefficient (Wildman–Crippen LogP) is 2.37. The molecule has 0 amide bonds. The van der Waals surface area contributed by atoms with Crippen LogP contribution in [0, 0.1) is 0 Å². The van der Waals surface area contributed by atoms with Crippen LogP contribution in [0.4, 0.5) is 0 Å². The third-order valence-electron chi connectivity index (χ3n) is 3.11. The van der Waals surface area contributed by atoms with E-state index in [9.17, 15) is 9.59 Å². The fourth-order valence-corrected chi connectivity index (χ4v) is 2.09. The predicted molar refractivity (Wildman–Crippen MR) is 71.4 cm³/mol. The molecule has 0 spiro atoms. The molecule has 0 aromatic heterocycles. The number of rotatable bonds is 2. The van der Waals surface area contributed by atoms with Gasteiger partial charge in [-0.1, -0.05) is 36.4 Å². The molecule has 1 atom stereocenters. The Morgan fingerprint density at radius 1 is 1.05 bits per heavy atom. The van der Waals surface area contributed by atoms with Crippen LogP contribution in [0.2, 0.25) is 0 Å². The average molecular weight is 268 g/mol. The number of carbonyl (C=O) groups is 2. The zero-order valence-corrected chi connectivity index (χ0v) is 10.6. The zero-order chi connectivity index (χ0) is 13.9. The summed E-state index contributed by atoms with van der Waals surface area (Å²) in [4.78, 5) is 23.8. The molecule has 0 aliphatic carbocycles. The first kappa shape index (κ1) is 12.4. The Kier molecular flexibility index (Phi) is 3.21. The molecule has 0 N–H and O–H groups in total. The number of esters is 2. The van der Waals surface area contributed by atoms with Gasteiger partial charge in [0.1, 0.15) is 5.75 Å². The molecule has 3 rings (SSSR count). The summed E-state index contributed by atoms with van der Waals surface area (Å²) in [5.74, 6) is -0.524. The number of hydrogen-bond acceptors (Lipinski definition) is 4. The summed E-state index contributed by atoms with van der Waals surface area (Å²) in [7, 11) is 0. The summed E-state index contributed by atoms with van der Waals surface area (Å²) < 4.78 is 10.4. The van der Waals surface area contributed by atoms with Gasteiger partial charge in [0.25, 0.3) is 0 Å². The fraction of sp³-hybridized carbons (Fsp3) is 0.125. The third kappa shape index (κ3) is 2.40. The number of ether oxygens (including phenoxy) is 2. The van der Waals surface area contributed by atoms with Gasteiger partial charge < -0.3 is 9.47 Å². The van der Waals surface area contributed by atoms with Gasteiger partial charge in [-0.25, -0.2) is 9.59 Å². The van der Waals surface area contributed by atoms with Gasteiger partial charge in [0.15, 0.2) is 0 Å². The van der Waals surface area contributed by atoms with Gasteiger partial charge in [-0.3, -0.25) is 0 Å². The second-order valence-corrected chi connectivity index (χ2v) is 4.49. The van der Waals surface area contributed by atoms with Crippen molar-refractivity contribution in [1.82, 2.24) is 0 Å². The Bertz CT molecular complexity index is 649. The summed E-state index contributed by atoms with van der Waals surface area (Å²) in [5.41, 5.74) is 1.28. The number of hydrogen-bond donors (Lipinski definition) is 0. The van der Waals surface area contributed by atoms with E-state index in [1.165, 1.54) is 0 Å². The second kappa shape index (κ2) is 5.17. The lowest BCUT2D eigenvalue weighted by Crippen LogP contribution is -2.36. The Hall–Kier alpha value is -2.62. The summed E-state index contributed by atoms with van der Waals surface area (Å²) in [6, 6.07) is 15.8. The highest BCUT2D eigenvalue weighted by atomic mass is 16.6. The Morgan fingerprint density at radius 2 is 1.75 bits per heavy atom. The highest BCUT2D eigenvalue weighted by Crippen LogP contribution is 2.26. The van der Waals surface area contributed by atoms with Crippen molar-refractivity contribution in [3.63, 3.8) is 0 Å². The minimum atomic E-state index is -0.891. The largest absolute Gasteiger partial charge is 0.446 e. The van der Waals surface area contributed by atoms with Gasteiger partial charge in [0.05, 0.1) is 5.56 Å². The van der Waals surface area contributed by atoms with Crippen molar-refractivity contribution in [3.8, 4) is 5.75 Å². The summed E-state index contributed by atoms with van der Waals surface area (Å²) >= 11 is 0. The van der Waals surface area contributed by atoms with E-state index in [1.807, 2.05) is 18.2 Å². The van der Waals surface area contributed by atoms with Gasteiger partial charge in [-0.2, -0.15) is 0 Å². The minimum Gasteiger partial charge on any atom is -0.446 e. The number of fused-ring (bicyclic) bond motifs is 1. The third-order valence-corrected chi connectivity index (χ3v) is 3.11. The molecule has 2 aromatic carbocycles. The van der Waals surface area contributed by atoms with Crippen LogP contribution in [0.5, 0.6) is 5.75 Å². The van der Waals surface area contributed by atoms with Gasteiger partial charge in [0.2, 0.25) is 6.10 Å². The molecule has 0 radical (unpaired) electrons. The fourth-order valence-electron chi connectivity index (χ4n) is 2.09. The van der Waals surface area contributed by atoms with Gasteiger partial charge in [-0.05, 0) is 23.8 Å².